The van der Waals surface area contributed by atoms with Crippen LogP contribution in [0.25, 0.3) is 0 Å². The Balaban J connectivity index is 1.15. The van der Waals surface area contributed by atoms with Gasteiger partial charge in [0.15, 0.2) is 3.84 Å². The number of thiophene rings is 1. The molecule has 3 aliphatic heterocycles. The van der Waals surface area contributed by atoms with Gasteiger partial charge in [-0.25, -0.2) is 13.4 Å². The Morgan fingerprint density at radius 3 is 2.74 bits per heavy atom. The van der Waals surface area contributed by atoms with Gasteiger partial charge in [0.1, 0.15) is 17.9 Å². The molecule has 2 aromatic heterocycles. The van der Waals surface area contributed by atoms with Gasteiger partial charge in [-0.1, -0.05) is 0 Å². The van der Waals surface area contributed by atoms with Gasteiger partial charge >= 0.3 is 0 Å². The lowest BCUT2D eigenvalue weighted by Crippen LogP contribution is -2.64. The fraction of sp³-hybridized carbons (Fsp3) is 0.429. The lowest BCUT2D eigenvalue weighted by Gasteiger charge is -2.47. The Morgan fingerprint density at radius 2 is 2.00 bits per heavy atom. The number of halogens is 1. The first kappa shape index (κ1) is 29.4. The second-order valence-corrected chi connectivity index (χ2v) is 16.1. The number of rotatable bonds is 10. The van der Waals surface area contributed by atoms with E-state index in [4.69, 9.17) is 14.5 Å². The summed E-state index contributed by atoms with van der Waals surface area (Å²) >= 11 is 0.997. The number of nitrogens with one attached hydrogen (secondary N) is 1. The highest BCUT2D eigenvalue weighted by atomic mass is 127. The minimum absolute atomic E-state index is 0.0449. The van der Waals surface area contributed by atoms with Crippen LogP contribution < -0.4 is 10.1 Å². The van der Waals surface area contributed by atoms with Crippen LogP contribution in [-0.2, 0) is 20.3 Å². The van der Waals surface area contributed by atoms with Crippen LogP contribution in [0, 0.1) is 11.3 Å². The van der Waals surface area contributed by atoms with Crippen LogP contribution in [0.1, 0.15) is 23.8 Å². The summed E-state index contributed by atoms with van der Waals surface area (Å²) in [5.74, 6) is 0.880. The molecule has 0 saturated carbocycles. The number of aliphatic imine (C=N–C) groups is 1. The number of anilines is 1. The molecule has 1 aromatic carbocycles. The summed E-state index contributed by atoms with van der Waals surface area (Å²) in [5.41, 5.74) is 2.21. The van der Waals surface area contributed by atoms with Crippen LogP contribution in [0.3, 0.4) is 0 Å². The van der Waals surface area contributed by atoms with Gasteiger partial charge in [-0.3, -0.25) is 9.58 Å². The van der Waals surface area contributed by atoms with Gasteiger partial charge in [-0.15, -0.1) is 11.3 Å². The molecule has 3 aliphatic rings. The molecule has 2 saturated heterocycles. The van der Waals surface area contributed by atoms with Crippen molar-refractivity contribution in [2.75, 3.05) is 63.6 Å². The number of fused-ring (bicyclic) bond motifs is 1. The molecule has 0 amide bonds. The lowest BCUT2D eigenvalue weighted by atomic mass is 9.89. The zero-order chi connectivity index (χ0) is 29.2. The molecule has 3 aromatic rings. The van der Waals surface area contributed by atoms with Crippen LogP contribution in [0.2, 0.25) is 0 Å². The third-order valence-electron chi connectivity index (χ3n) is 7.56. The first-order valence-electron chi connectivity index (χ1n) is 13.8. The Kier molecular flexibility index (Phi) is 8.75. The number of nitrogens with zero attached hydrogens (tertiary/aromatic N) is 6. The van der Waals surface area contributed by atoms with E-state index in [0.29, 0.717) is 6.61 Å². The Hall–Kier alpha value is -2.68. The summed E-state index contributed by atoms with van der Waals surface area (Å²) < 4.78 is 41.5. The van der Waals surface area contributed by atoms with E-state index in [-0.39, 0.29) is 25.3 Å². The molecule has 11 nitrogen and oxygen atoms in total. The summed E-state index contributed by atoms with van der Waals surface area (Å²) in [4.78, 5) is 8.40. The average molecular weight is 722 g/mol. The van der Waals surface area contributed by atoms with E-state index < -0.39 is 36.3 Å². The first-order valence-corrected chi connectivity index (χ1v) is 18.4. The number of amidine groups is 1. The highest BCUT2D eigenvalue weighted by Crippen LogP contribution is 2.38. The number of morpholine rings is 1. The van der Waals surface area contributed by atoms with Crippen LogP contribution in [0.4, 0.5) is 11.4 Å². The quantitative estimate of drug-likeness (QED) is 0.249. The second-order valence-electron chi connectivity index (χ2n) is 10.3. The van der Waals surface area contributed by atoms with Gasteiger partial charge < -0.3 is 14.8 Å². The third kappa shape index (κ3) is 6.17. The van der Waals surface area contributed by atoms with E-state index in [1.165, 1.54) is 7.81 Å². The fourth-order valence-electron chi connectivity index (χ4n) is 5.09. The van der Waals surface area contributed by atoms with Crippen molar-refractivity contribution in [2.24, 2.45) is 4.99 Å². The number of benzene rings is 1. The van der Waals surface area contributed by atoms with E-state index in [2.05, 4.69) is 21.4 Å². The fourth-order valence-corrected chi connectivity index (χ4v) is 10.2. The highest BCUT2D eigenvalue weighted by Gasteiger charge is 2.49. The topological polar surface area (TPSA) is 125 Å². The number of nitriles is 1. The predicted molar refractivity (Wildman–Crippen MR) is 173 cm³/mol. The van der Waals surface area contributed by atoms with Crippen molar-refractivity contribution in [1.29, 1.82) is 5.26 Å². The average Bonchev–Trinajstić information content (AvgIpc) is 3.66. The molecule has 6 rings (SSSR count). The molecule has 0 radical (unpaired) electrons. The van der Waals surface area contributed by atoms with Crippen molar-refractivity contribution in [1.82, 2.24) is 19.0 Å². The molecule has 14 heteroatoms. The van der Waals surface area contributed by atoms with Crippen molar-refractivity contribution in [3.8, 4) is 11.8 Å². The normalized spacial score (nSPS) is 19.0. The number of ether oxygens (including phenoxy) is 2. The molecule has 1 N–H and O–H groups in total. The van der Waals surface area contributed by atoms with Crippen LogP contribution >= 0.6 is 32.1 Å². The van der Waals surface area contributed by atoms with E-state index in [1.807, 2.05) is 48.1 Å². The Labute approximate surface area is 259 Å². The van der Waals surface area contributed by atoms with Crippen LogP contribution in [-0.4, -0.2) is 93.1 Å². The predicted octanol–water partition coefficient (Wildman–Crippen LogP) is 3.58. The van der Waals surface area contributed by atoms with Gasteiger partial charge in [-0.05, 0) is 63.4 Å². The standard InChI is InChI=1S/C28H32IN7O4S2/c1-2-42(37,38)35-19-28(20-35,8-9-30)36-18-21(17-31-36)25-26-24(7-16-41-26)33-27(29-25)32-22-3-5-23(6-4-22)40-15-12-34-10-13-39-14-11-34/h3-7,16-18H,2,8,10-15,19-20H2,1H3,(H,32,33). The first-order chi connectivity index (χ1) is 20.4. The monoisotopic (exact) mass is 721 g/mol. The van der Waals surface area contributed by atoms with Crippen molar-refractivity contribution in [2.45, 2.75) is 18.9 Å². The molecule has 2 fully saturated rings. The SMILES string of the molecule is CCS(=O)(=O)N1CC(CC#N)(n2cc(C3=IC(Nc4ccc(OCCN5CCOCC5)cc4)=Nc4ccsc43)cn2)C1. The number of aromatic nitrogens is 2. The largest absolute Gasteiger partial charge is 0.492 e. The molecule has 5 heterocycles. The number of hydrogen-bond acceptors (Lipinski definition) is 10. The number of hydrogen-bond donors (Lipinski definition) is 1. The van der Waals surface area contributed by atoms with Crippen molar-refractivity contribution >= 4 is 60.8 Å². The summed E-state index contributed by atoms with van der Waals surface area (Å²) in [6.07, 6.45) is 4.00. The molecular weight excluding hydrogens is 689 g/mol. The maximum atomic E-state index is 12.4. The highest BCUT2D eigenvalue weighted by molar-refractivity contribution is 14.2. The van der Waals surface area contributed by atoms with Crippen LogP contribution in [0.15, 0.2) is 53.1 Å². The lowest BCUT2D eigenvalue weighted by molar-refractivity contribution is 0.0322. The zero-order valence-electron chi connectivity index (χ0n) is 23.2. The van der Waals surface area contributed by atoms with Gasteiger partial charge in [0.2, 0.25) is 10.0 Å². The summed E-state index contributed by atoms with van der Waals surface area (Å²) in [6, 6.07) is 12.2. The smallest absolute Gasteiger partial charge is 0.213 e. The second kappa shape index (κ2) is 12.5. The van der Waals surface area contributed by atoms with E-state index in [1.54, 1.807) is 22.9 Å². The zero-order valence-corrected chi connectivity index (χ0v) is 27.0. The van der Waals surface area contributed by atoms with E-state index >= 15 is 0 Å². The Morgan fingerprint density at radius 1 is 1.21 bits per heavy atom. The summed E-state index contributed by atoms with van der Waals surface area (Å²) in [5, 5.41) is 19.7. The summed E-state index contributed by atoms with van der Waals surface area (Å²) in [7, 11) is -3.31. The Bertz CT molecular complexity index is 1630. The minimum atomic E-state index is -3.31. The molecule has 222 valence electrons. The van der Waals surface area contributed by atoms with Crippen molar-refractivity contribution in [3.05, 3.63) is 58.5 Å². The van der Waals surface area contributed by atoms with Gasteiger partial charge in [0, 0.05) is 53.7 Å². The van der Waals surface area contributed by atoms with E-state index in [9.17, 15) is 13.7 Å². The summed E-state index contributed by atoms with van der Waals surface area (Å²) in [6.45, 7) is 7.15. The molecule has 0 aliphatic carbocycles. The number of sulfonamides is 1. The third-order valence-corrected chi connectivity index (χ3v) is 13.3. The van der Waals surface area contributed by atoms with E-state index in [0.717, 1.165) is 64.3 Å². The maximum absolute atomic E-state index is 12.4. The molecule has 0 atom stereocenters. The molecule has 0 spiro atoms. The van der Waals surface area contributed by atoms with Gasteiger partial charge in [0.05, 0.1) is 48.2 Å². The molecular formula is C28H32IN7O4S2. The minimum Gasteiger partial charge on any atom is -0.492 e. The van der Waals surface area contributed by atoms with Crippen molar-refractivity contribution in [3.63, 3.8) is 0 Å². The van der Waals surface area contributed by atoms with Gasteiger partial charge in [-0.2, -0.15) is 14.7 Å². The molecule has 0 bridgehead atoms. The molecule has 0 unspecified atom stereocenters. The molecule has 42 heavy (non-hydrogen) atoms. The maximum Gasteiger partial charge on any atom is 0.213 e. The van der Waals surface area contributed by atoms with Gasteiger partial charge in [0.25, 0.3) is 0 Å². The van der Waals surface area contributed by atoms with Crippen LogP contribution in [0.5, 0.6) is 5.75 Å². The van der Waals surface area contributed by atoms with Crippen molar-refractivity contribution < 1.29 is 17.9 Å².